The number of esters is 1. The first-order valence-electron chi connectivity index (χ1n) is 7.03. The van der Waals surface area contributed by atoms with Crippen LogP contribution in [0.1, 0.15) is 30.8 Å². The molecule has 0 aliphatic heterocycles. The van der Waals surface area contributed by atoms with E-state index in [1.54, 1.807) is 17.7 Å². The van der Waals surface area contributed by atoms with Crippen molar-refractivity contribution in [3.63, 3.8) is 0 Å². The van der Waals surface area contributed by atoms with E-state index in [0.717, 1.165) is 17.0 Å². The molecule has 0 bridgehead atoms. The third-order valence-corrected chi connectivity index (χ3v) is 3.28. The normalized spacial score (nSPS) is 10.9. The smallest absolute Gasteiger partial charge is 0.325 e. The molecule has 0 radical (unpaired) electrons. The van der Waals surface area contributed by atoms with E-state index in [1.807, 2.05) is 27.8 Å². The van der Waals surface area contributed by atoms with Crippen LogP contribution in [-0.4, -0.2) is 46.3 Å². The first kappa shape index (κ1) is 16.9. The molecule has 1 aromatic rings. The van der Waals surface area contributed by atoms with Crippen molar-refractivity contribution in [3.8, 4) is 0 Å². The Labute approximate surface area is 125 Å². The second-order valence-electron chi connectivity index (χ2n) is 4.70. The summed E-state index contributed by atoms with van der Waals surface area (Å²) in [6.07, 6.45) is 3.22. The minimum absolute atomic E-state index is 0.0292. The lowest BCUT2D eigenvalue weighted by atomic mass is 10.2. The second kappa shape index (κ2) is 7.61. The first-order chi connectivity index (χ1) is 9.90. The number of hydrogen-bond acceptors (Lipinski definition) is 4. The van der Waals surface area contributed by atoms with Gasteiger partial charge in [-0.25, -0.2) is 0 Å². The highest BCUT2D eigenvalue weighted by Gasteiger charge is 2.14. The van der Waals surface area contributed by atoms with Crippen molar-refractivity contribution in [1.82, 2.24) is 14.7 Å². The van der Waals surface area contributed by atoms with Crippen molar-refractivity contribution in [1.29, 1.82) is 0 Å². The number of ether oxygens (including phenoxy) is 1. The number of amides is 1. The maximum atomic E-state index is 12.1. The summed E-state index contributed by atoms with van der Waals surface area (Å²) in [5, 5.41) is 4.29. The van der Waals surface area contributed by atoms with Gasteiger partial charge in [0, 0.05) is 30.9 Å². The molecule has 0 spiro atoms. The van der Waals surface area contributed by atoms with Gasteiger partial charge in [0.1, 0.15) is 6.54 Å². The summed E-state index contributed by atoms with van der Waals surface area (Å²) < 4.78 is 6.63. The Hall–Kier alpha value is -2.11. The van der Waals surface area contributed by atoms with E-state index in [-0.39, 0.29) is 12.5 Å². The lowest BCUT2D eigenvalue weighted by Gasteiger charge is -2.17. The van der Waals surface area contributed by atoms with Gasteiger partial charge in [-0.3, -0.25) is 14.3 Å². The maximum absolute atomic E-state index is 12.1. The number of rotatable bonds is 6. The lowest BCUT2D eigenvalue weighted by molar-refractivity contribution is -0.147. The Kier molecular flexibility index (Phi) is 6.14. The molecule has 0 aliphatic carbocycles. The fourth-order valence-electron chi connectivity index (χ4n) is 2.00. The molecule has 0 fully saturated rings. The van der Waals surface area contributed by atoms with Crippen molar-refractivity contribution in [2.24, 2.45) is 7.05 Å². The van der Waals surface area contributed by atoms with Crippen LogP contribution in [-0.2, 0) is 21.4 Å². The van der Waals surface area contributed by atoms with Gasteiger partial charge in [-0.2, -0.15) is 5.10 Å². The van der Waals surface area contributed by atoms with E-state index in [0.29, 0.717) is 13.2 Å². The van der Waals surface area contributed by atoms with E-state index >= 15 is 0 Å². The van der Waals surface area contributed by atoms with Crippen LogP contribution in [0.4, 0.5) is 0 Å². The Bertz CT molecular complexity index is 547. The topological polar surface area (TPSA) is 64.4 Å². The summed E-state index contributed by atoms with van der Waals surface area (Å²) in [5.74, 6) is -0.608. The zero-order chi connectivity index (χ0) is 16.0. The van der Waals surface area contributed by atoms with Crippen molar-refractivity contribution >= 4 is 18.0 Å². The number of likely N-dealkylation sites (N-methyl/N-ethyl adjacent to an activating group) is 1. The van der Waals surface area contributed by atoms with Crippen molar-refractivity contribution in [2.75, 3.05) is 19.7 Å². The molecule has 0 saturated carbocycles. The molecule has 6 heteroatoms. The first-order valence-corrected chi connectivity index (χ1v) is 7.03. The fraction of sp³-hybridized carbons (Fsp3) is 0.533. The molecular formula is C15H23N3O3. The average molecular weight is 293 g/mol. The number of carbonyl (C=O) groups excluding carboxylic acids is 2. The highest BCUT2D eigenvalue weighted by atomic mass is 16.5. The number of nitrogens with zero attached hydrogens (tertiary/aromatic N) is 3. The van der Waals surface area contributed by atoms with Gasteiger partial charge in [-0.1, -0.05) is 0 Å². The predicted molar refractivity (Wildman–Crippen MR) is 80.6 cm³/mol. The lowest BCUT2D eigenvalue weighted by Crippen LogP contribution is -2.35. The molecule has 0 aromatic carbocycles. The Morgan fingerprint density at radius 3 is 2.48 bits per heavy atom. The van der Waals surface area contributed by atoms with Gasteiger partial charge >= 0.3 is 5.97 Å². The number of aromatic nitrogens is 2. The van der Waals surface area contributed by atoms with Crippen LogP contribution >= 0.6 is 0 Å². The van der Waals surface area contributed by atoms with Gasteiger partial charge in [0.05, 0.1) is 12.3 Å². The molecule has 1 rings (SSSR count). The van der Waals surface area contributed by atoms with Gasteiger partial charge < -0.3 is 9.64 Å². The van der Waals surface area contributed by atoms with Crippen LogP contribution in [0.25, 0.3) is 6.08 Å². The van der Waals surface area contributed by atoms with Crippen LogP contribution in [0, 0.1) is 13.8 Å². The van der Waals surface area contributed by atoms with Crippen molar-refractivity contribution in [2.45, 2.75) is 27.7 Å². The second-order valence-corrected chi connectivity index (χ2v) is 4.70. The molecule has 6 nitrogen and oxygen atoms in total. The summed E-state index contributed by atoms with van der Waals surface area (Å²) in [4.78, 5) is 25.0. The summed E-state index contributed by atoms with van der Waals surface area (Å²) in [7, 11) is 1.86. The summed E-state index contributed by atoms with van der Waals surface area (Å²) in [6.45, 7) is 8.14. The molecule has 0 aliphatic rings. The molecule has 1 aromatic heterocycles. The largest absolute Gasteiger partial charge is 0.465 e. The van der Waals surface area contributed by atoms with E-state index in [1.165, 1.54) is 11.0 Å². The minimum atomic E-state index is -0.394. The summed E-state index contributed by atoms with van der Waals surface area (Å²) >= 11 is 0. The molecular weight excluding hydrogens is 270 g/mol. The highest BCUT2D eigenvalue weighted by molar-refractivity contribution is 5.93. The fourth-order valence-corrected chi connectivity index (χ4v) is 2.00. The van der Waals surface area contributed by atoms with Crippen molar-refractivity contribution < 1.29 is 14.3 Å². The Balaban J connectivity index is 2.78. The average Bonchev–Trinajstić information content (AvgIpc) is 2.67. The highest BCUT2D eigenvalue weighted by Crippen LogP contribution is 2.13. The third kappa shape index (κ3) is 4.44. The zero-order valence-electron chi connectivity index (χ0n) is 13.3. The quantitative estimate of drug-likeness (QED) is 0.588. The van der Waals surface area contributed by atoms with Crippen LogP contribution < -0.4 is 0 Å². The molecule has 1 amide bonds. The monoisotopic (exact) mass is 293 g/mol. The van der Waals surface area contributed by atoms with E-state index < -0.39 is 5.97 Å². The summed E-state index contributed by atoms with van der Waals surface area (Å²) in [6, 6.07) is 0. The van der Waals surface area contributed by atoms with Gasteiger partial charge in [0.2, 0.25) is 5.91 Å². The molecule has 1 heterocycles. The third-order valence-electron chi connectivity index (χ3n) is 3.28. The number of carbonyl (C=O) groups is 2. The van der Waals surface area contributed by atoms with Gasteiger partial charge in [0.15, 0.2) is 0 Å². The molecule has 116 valence electrons. The van der Waals surface area contributed by atoms with Gasteiger partial charge in [0.25, 0.3) is 0 Å². The summed E-state index contributed by atoms with van der Waals surface area (Å²) in [5.41, 5.74) is 2.79. The van der Waals surface area contributed by atoms with Crippen LogP contribution in [0.5, 0.6) is 0 Å². The van der Waals surface area contributed by atoms with Gasteiger partial charge in [-0.15, -0.1) is 0 Å². The molecule has 0 atom stereocenters. The van der Waals surface area contributed by atoms with E-state index in [4.69, 9.17) is 4.74 Å². The molecule has 0 saturated heterocycles. The SMILES string of the molecule is CCOC(=O)CN(CC)C(=O)/C=C/c1c(C)nn(C)c1C. The Morgan fingerprint density at radius 1 is 1.33 bits per heavy atom. The van der Waals surface area contributed by atoms with Crippen LogP contribution in [0.3, 0.4) is 0 Å². The Morgan fingerprint density at radius 2 is 2.00 bits per heavy atom. The maximum Gasteiger partial charge on any atom is 0.325 e. The van der Waals surface area contributed by atoms with Crippen LogP contribution in [0.2, 0.25) is 0 Å². The predicted octanol–water partition coefficient (Wildman–Crippen LogP) is 1.46. The molecule has 0 unspecified atom stereocenters. The minimum Gasteiger partial charge on any atom is -0.465 e. The number of hydrogen-bond donors (Lipinski definition) is 0. The van der Waals surface area contributed by atoms with E-state index in [9.17, 15) is 9.59 Å². The van der Waals surface area contributed by atoms with Crippen LogP contribution in [0.15, 0.2) is 6.08 Å². The van der Waals surface area contributed by atoms with Crippen molar-refractivity contribution in [3.05, 3.63) is 23.0 Å². The number of aryl methyl sites for hydroxylation is 2. The molecule has 21 heavy (non-hydrogen) atoms. The van der Waals surface area contributed by atoms with Gasteiger partial charge in [-0.05, 0) is 33.8 Å². The zero-order valence-corrected chi connectivity index (χ0v) is 13.3. The molecule has 0 N–H and O–H groups in total. The van der Waals surface area contributed by atoms with E-state index in [2.05, 4.69) is 5.10 Å². The standard InChI is InChI=1S/C15H23N3O3/c1-6-18(10-15(20)21-7-2)14(19)9-8-13-11(3)16-17(5)12(13)4/h8-9H,6-7,10H2,1-5H3/b9-8+.